The van der Waals surface area contributed by atoms with Crippen LogP contribution in [0.2, 0.25) is 5.22 Å². The number of nitrogens with one attached hydrogen (secondary N) is 1. The van der Waals surface area contributed by atoms with Crippen LogP contribution in [0.4, 0.5) is 0 Å². The third-order valence-electron chi connectivity index (χ3n) is 2.37. The molecule has 2 heterocycles. The number of rotatable bonds is 5. The number of carbonyl (C=O) groups excluding carboxylic acids is 1. The van der Waals surface area contributed by atoms with E-state index in [4.69, 9.17) is 21.1 Å². The molecule has 2 aromatic rings. The molecule has 1 unspecified atom stereocenters. The zero-order valence-electron chi connectivity index (χ0n) is 9.63. The van der Waals surface area contributed by atoms with Crippen LogP contribution in [-0.2, 0) is 4.79 Å². The van der Waals surface area contributed by atoms with Crippen LogP contribution in [-0.4, -0.2) is 17.0 Å². The van der Waals surface area contributed by atoms with Gasteiger partial charge in [-0.3, -0.25) is 9.59 Å². The van der Waals surface area contributed by atoms with E-state index in [0.717, 1.165) is 4.88 Å². The van der Waals surface area contributed by atoms with Crippen LogP contribution in [0.25, 0.3) is 0 Å². The van der Waals surface area contributed by atoms with E-state index in [2.05, 4.69) is 5.32 Å². The molecule has 7 heteroatoms. The molecule has 0 aliphatic rings. The molecule has 2 rings (SSSR count). The van der Waals surface area contributed by atoms with E-state index in [1.807, 2.05) is 5.38 Å². The number of amides is 1. The predicted molar refractivity (Wildman–Crippen MR) is 70.5 cm³/mol. The second-order valence-corrected chi connectivity index (χ2v) is 5.09. The Kier molecular flexibility index (Phi) is 4.24. The highest BCUT2D eigenvalue weighted by molar-refractivity contribution is 7.10. The molecule has 0 aliphatic heterocycles. The molecule has 0 fully saturated rings. The molecule has 0 bridgehead atoms. The van der Waals surface area contributed by atoms with Crippen molar-refractivity contribution in [1.82, 2.24) is 5.32 Å². The SMILES string of the molecule is O=C(O)CC(NC(=O)c1ccc(Cl)o1)c1cccs1. The Hall–Kier alpha value is -1.79. The summed E-state index contributed by atoms with van der Waals surface area (Å²) in [7, 11) is 0. The van der Waals surface area contributed by atoms with E-state index in [1.54, 1.807) is 12.1 Å². The van der Waals surface area contributed by atoms with Crippen LogP contribution in [0.15, 0.2) is 34.1 Å². The van der Waals surface area contributed by atoms with Gasteiger partial charge in [-0.1, -0.05) is 6.07 Å². The maximum atomic E-state index is 11.9. The maximum Gasteiger partial charge on any atom is 0.305 e. The lowest BCUT2D eigenvalue weighted by Crippen LogP contribution is -2.29. The van der Waals surface area contributed by atoms with Crippen molar-refractivity contribution in [3.8, 4) is 0 Å². The molecule has 0 aromatic carbocycles. The van der Waals surface area contributed by atoms with Crippen molar-refractivity contribution in [2.45, 2.75) is 12.5 Å². The topological polar surface area (TPSA) is 79.5 Å². The lowest BCUT2D eigenvalue weighted by molar-refractivity contribution is -0.137. The molecule has 0 radical (unpaired) electrons. The molecule has 1 amide bonds. The number of thiophene rings is 1. The number of carboxylic acids is 1. The molecule has 1 atom stereocenters. The van der Waals surface area contributed by atoms with E-state index < -0.39 is 17.9 Å². The first-order chi connectivity index (χ1) is 9.06. The Labute approximate surface area is 117 Å². The highest BCUT2D eigenvalue weighted by Gasteiger charge is 2.21. The molecule has 0 spiro atoms. The van der Waals surface area contributed by atoms with Gasteiger partial charge in [0.2, 0.25) is 0 Å². The Morgan fingerprint density at radius 3 is 2.74 bits per heavy atom. The summed E-state index contributed by atoms with van der Waals surface area (Å²) in [4.78, 5) is 23.5. The summed E-state index contributed by atoms with van der Waals surface area (Å²) in [5.41, 5.74) is 0. The largest absolute Gasteiger partial charge is 0.481 e. The molecule has 2 aromatic heterocycles. The number of halogens is 1. The fourth-order valence-corrected chi connectivity index (χ4v) is 2.48. The summed E-state index contributed by atoms with van der Waals surface area (Å²) in [6.45, 7) is 0. The minimum absolute atomic E-state index is 0.0527. The van der Waals surface area contributed by atoms with Gasteiger partial charge in [0.1, 0.15) is 0 Å². The van der Waals surface area contributed by atoms with Crippen LogP contribution in [0.5, 0.6) is 0 Å². The summed E-state index contributed by atoms with van der Waals surface area (Å²) < 4.78 is 4.98. The van der Waals surface area contributed by atoms with E-state index in [1.165, 1.54) is 23.5 Å². The van der Waals surface area contributed by atoms with Crippen molar-refractivity contribution < 1.29 is 19.1 Å². The lowest BCUT2D eigenvalue weighted by atomic mass is 10.1. The summed E-state index contributed by atoms with van der Waals surface area (Å²) in [5, 5.41) is 13.4. The molecule has 19 heavy (non-hydrogen) atoms. The minimum atomic E-state index is -0.990. The van der Waals surface area contributed by atoms with Crippen molar-refractivity contribution in [2.24, 2.45) is 0 Å². The number of hydrogen-bond donors (Lipinski definition) is 2. The third-order valence-corrected chi connectivity index (χ3v) is 3.56. The van der Waals surface area contributed by atoms with Crippen molar-refractivity contribution >= 4 is 34.8 Å². The average Bonchev–Trinajstić information content (AvgIpc) is 2.97. The van der Waals surface area contributed by atoms with Crippen molar-refractivity contribution in [2.75, 3.05) is 0 Å². The van der Waals surface area contributed by atoms with Gasteiger partial charge in [-0.2, -0.15) is 0 Å². The minimum Gasteiger partial charge on any atom is -0.481 e. The second kappa shape index (κ2) is 5.90. The van der Waals surface area contributed by atoms with E-state index >= 15 is 0 Å². The molecule has 0 saturated carbocycles. The van der Waals surface area contributed by atoms with Gasteiger partial charge in [-0.25, -0.2) is 0 Å². The summed E-state index contributed by atoms with van der Waals surface area (Å²) in [6, 6.07) is 5.87. The quantitative estimate of drug-likeness (QED) is 0.889. The zero-order chi connectivity index (χ0) is 13.8. The lowest BCUT2D eigenvalue weighted by Gasteiger charge is -2.14. The van der Waals surface area contributed by atoms with E-state index in [-0.39, 0.29) is 17.4 Å². The van der Waals surface area contributed by atoms with Gasteiger partial charge in [0.05, 0.1) is 12.5 Å². The van der Waals surface area contributed by atoms with Crippen LogP contribution >= 0.6 is 22.9 Å². The first-order valence-corrected chi connectivity index (χ1v) is 6.63. The van der Waals surface area contributed by atoms with Gasteiger partial charge in [0, 0.05) is 4.88 Å². The van der Waals surface area contributed by atoms with Gasteiger partial charge < -0.3 is 14.8 Å². The summed E-state index contributed by atoms with van der Waals surface area (Å²) in [5.74, 6) is -1.43. The Morgan fingerprint density at radius 1 is 1.42 bits per heavy atom. The summed E-state index contributed by atoms with van der Waals surface area (Å²) >= 11 is 6.97. The smallest absolute Gasteiger partial charge is 0.305 e. The fourth-order valence-electron chi connectivity index (χ4n) is 1.55. The Balaban J connectivity index is 2.12. The maximum absolute atomic E-state index is 11.9. The number of carboxylic acid groups (broad SMARTS) is 1. The first-order valence-electron chi connectivity index (χ1n) is 5.37. The molecule has 0 saturated heterocycles. The number of hydrogen-bond acceptors (Lipinski definition) is 4. The van der Waals surface area contributed by atoms with Crippen molar-refractivity contribution in [3.63, 3.8) is 0 Å². The molecule has 5 nitrogen and oxygen atoms in total. The van der Waals surface area contributed by atoms with Crippen LogP contribution in [0.3, 0.4) is 0 Å². The van der Waals surface area contributed by atoms with Gasteiger partial charge in [0.25, 0.3) is 5.91 Å². The summed E-state index contributed by atoms with van der Waals surface area (Å²) in [6.07, 6.45) is -0.194. The number of aliphatic carboxylic acids is 1. The normalized spacial score (nSPS) is 12.1. The first kappa shape index (κ1) is 13.6. The highest BCUT2D eigenvalue weighted by Crippen LogP contribution is 2.23. The van der Waals surface area contributed by atoms with Crippen LogP contribution < -0.4 is 5.32 Å². The van der Waals surface area contributed by atoms with Gasteiger partial charge in [0.15, 0.2) is 11.0 Å². The van der Waals surface area contributed by atoms with E-state index in [0.29, 0.717) is 0 Å². The standard InChI is InChI=1S/C12H10ClNO4S/c13-10-4-3-8(18-10)12(17)14-7(6-11(15)16)9-2-1-5-19-9/h1-5,7H,6H2,(H,14,17)(H,15,16). The van der Waals surface area contributed by atoms with Crippen LogP contribution in [0, 0.1) is 0 Å². The van der Waals surface area contributed by atoms with Gasteiger partial charge >= 0.3 is 5.97 Å². The molecular formula is C12H10ClNO4S. The average molecular weight is 300 g/mol. The predicted octanol–water partition coefficient (Wildman–Crippen LogP) is 2.94. The monoisotopic (exact) mass is 299 g/mol. The zero-order valence-corrected chi connectivity index (χ0v) is 11.2. The Bertz CT molecular complexity index is 578. The molecular weight excluding hydrogens is 290 g/mol. The van der Waals surface area contributed by atoms with E-state index in [9.17, 15) is 9.59 Å². The number of furan rings is 1. The number of carbonyl (C=O) groups is 2. The fraction of sp³-hybridized carbons (Fsp3) is 0.167. The van der Waals surface area contributed by atoms with Crippen molar-refractivity contribution in [1.29, 1.82) is 0 Å². The van der Waals surface area contributed by atoms with Crippen LogP contribution in [0.1, 0.15) is 27.9 Å². The molecule has 100 valence electrons. The van der Waals surface area contributed by atoms with Gasteiger partial charge in [-0.05, 0) is 35.2 Å². The van der Waals surface area contributed by atoms with Crippen molar-refractivity contribution in [3.05, 3.63) is 45.5 Å². The second-order valence-electron chi connectivity index (χ2n) is 3.74. The highest BCUT2D eigenvalue weighted by atomic mass is 35.5. The third kappa shape index (κ3) is 3.59. The molecule has 0 aliphatic carbocycles. The van der Waals surface area contributed by atoms with Gasteiger partial charge in [-0.15, -0.1) is 11.3 Å². The Morgan fingerprint density at radius 2 is 2.21 bits per heavy atom. The molecule has 2 N–H and O–H groups in total.